The van der Waals surface area contributed by atoms with Gasteiger partial charge >= 0.3 is 0 Å². The standard InChI is InChI=1S/C29H34FN5O6/c1-17-24(16-21-20-15-19(30)3-4-22(20)32-27(21)37)31-18(2)26(17)28(38)33-23(29(39)35-9-13-41-14-10-35)5-6-25(36)34-7-11-40-12-8-34/h3-4,15-16,23,31H,5-14H2,1-2H3,(H,32,37)(H,33,38)/t23-/m1/s1. The van der Waals surface area contributed by atoms with Gasteiger partial charge in [-0.1, -0.05) is 0 Å². The highest BCUT2D eigenvalue weighted by atomic mass is 19.1. The number of morpholine rings is 2. The topological polar surface area (TPSA) is 133 Å². The van der Waals surface area contributed by atoms with Crippen LogP contribution in [0.4, 0.5) is 10.1 Å². The van der Waals surface area contributed by atoms with Crippen molar-refractivity contribution in [1.82, 2.24) is 20.1 Å². The first-order chi connectivity index (χ1) is 19.7. The second-order valence-corrected chi connectivity index (χ2v) is 10.4. The van der Waals surface area contributed by atoms with Crippen molar-refractivity contribution >= 4 is 41.0 Å². The van der Waals surface area contributed by atoms with Crippen molar-refractivity contribution in [1.29, 1.82) is 0 Å². The fraction of sp³-hybridized carbons (Fsp3) is 0.448. The lowest BCUT2D eigenvalue weighted by Gasteiger charge is -2.31. The number of aromatic amines is 1. The van der Waals surface area contributed by atoms with Crippen LogP contribution in [0.1, 0.15) is 45.7 Å². The molecule has 3 aliphatic heterocycles. The molecule has 12 heteroatoms. The van der Waals surface area contributed by atoms with Gasteiger partial charge in [-0.3, -0.25) is 19.2 Å². The molecule has 0 radical (unpaired) electrons. The number of benzene rings is 1. The predicted molar refractivity (Wildman–Crippen MR) is 148 cm³/mol. The van der Waals surface area contributed by atoms with E-state index in [0.717, 1.165) is 0 Å². The van der Waals surface area contributed by atoms with E-state index >= 15 is 0 Å². The number of hydrogen-bond donors (Lipinski definition) is 3. The summed E-state index contributed by atoms with van der Waals surface area (Å²) in [5.41, 5.74) is 3.21. The molecule has 4 heterocycles. The van der Waals surface area contributed by atoms with Gasteiger partial charge in [-0.05, 0) is 50.1 Å². The van der Waals surface area contributed by atoms with E-state index in [2.05, 4.69) is 15.6 Å². The van der Waals surface area contributed by atoms with E-state index in [4.69, 9.17) is 9.47 Å². The summed E-state index contributed by atoms with van der Waals surface area (Å²) in [4.78, 5) is 59.0. The maximum absolute atomic E-state index is 13.9. The van der Waals surface area contributed by atoms with Gasteiger partial charge in [0.05, 0.1) is 37.6 Å². The van der Waals surface area contributed by atoms with Gasteiger partial charge in [0.2, 0.25) is 11.8 Å². The van der Waals surface area contributed by atoms with E-state index < -0.39 is 17.8 Å². The second-order valence-electron chi connectivity index (χ2n) is 10.4. The average molecular weight is 568 g/mol. The first-order valence-electron chi connectivity index (χ1n) is 13.8. The minimum absolute atomic E-state index is 0.0863. The van der Waals surface area contributed by atoms with Crippen LogP contribution in [0, 0.1) is 19.7 Å². The van der Waals surface area contributed by atoms with Gasteiger partial charge < -0.3 is 34.9 Å². The van der Waals surface area contributed by atoms with E-state index in [1.807, 2.05) is 0 Å². The molecular formula is C29H34FN5O6. The summed E-state index contributed by atoms with van der Waals surface area (Å²) in [6.45, 7) is 7.07. The van der Waals surface area contributed by atoms with E-state index in [1.54, 1.807) is 29.7 Å². The number of nitrogens with zero attached hydrogens (tertiary/aromatic N) is 2. The number of aryl methyl sites for hydroxylation is 1. The number of rotatable bonds is 7. The van der Waals surface area contributed by atoms with Crippen LogP contribution in [0.25, 0.3) is 11.6 Å². The molecule has 5 rings (SSSR count). The SMILES string of the molecule is Cc1[nH]c(C=C2C(=O)Nc3ccc(F)cc32)c(C)c1C(=O)N[C@H](CCC(=O)N1CCOCC1)C(=O)N1CCOCC1. The maximum Gasteiger partial charge on any atom is 0.256 e. The number of carbonyl (C=O) groups excluding carboxylic acids is 4. The fourth-order valence-electron chi connectivity index (χ4n) is 5.44. The van der Waals surface area contributed by atoms with Gasteiger partial charge in [-0.15, -0.1) is 0 Å². The van der Waals surface area contributed by atoms with Crippen LogP contribution in [-0.4, -0.2) is 97.1 Å². The Kier molecular flexibility index (Phi) is 8.50. The summed E-state index contributed by atoms with van der Waals surface area (Å²) in [6.07, 6.45) is 1.85. The van der Waals surface area contributed by atoms with Gasteiger partial charge in [-0.2, -0.15) is 0 Å². The predicted octanol–water partition coefficient (Wildman–Crippen LogP) is 1.86. The third-order valence-corrected chi connectivity index (χ3v) is 7.69. The molecule has 0 aliphatic carbocycles. The second kappa shape index (κ2) is 12.2. The minimum atomic E-state index is -0.906. The molecule has 1 aromatic carbocycles. The number of aromatic nitrogens is 1. The Morgan fingerprint density at radius 3 is 2.39 bits per heavy atom. The molecule has 1 atom stereocenters. The molecule has 2 fully saturated rings. The summed E-state index contributed by atoms with van der Waals surface area (Å²) >= 11 is 0. The summed E-state index contributed by atoms with van der Waals surface area (Å²) in [6, 6.07) is 3.16. The Morgan fingerprint density at radius 1 is 1.05 bits per heavy atom. The van der Waals surface area contributed by atoms with Crippen LogP contribution in [0.15, 0.2) is 18.2 Å². The number of halogens is 1. The highest BCUT2D eigenvalue weighted by molar-refractivity contribution is 6.35. The molecule has 0 unspecified atom stereocenters. The summed E-state index contributed by atoms with van der Waals surface area (Å²) in [5, 5.41) is 5.59. The van der Waals surface area contributed by atoms with E-state index in [-0.39, 0.29) is 36.1 Å². The maximum atomic E-state index is 13.9. The number of hydrogen-bond acceptors (Lipinski definition) is 6. The van der Waals surface area contributed by atoms with Crippen molar-refractivity contribution in [3.8, 4) is 0 Å². The van der Waals surface area contributed by atoms with Gasteiger partial charge in [0, 0.05) is 55.2 Å². The molecule has 3 N–H and O–H groups in total. The van der Waals surface area contributed by atoms with Crippen molar-refractivity contribution in [2.24, 2.45) is 0 Å². The van der Waals surface area contributed by atoms with Crippen LogP contribution >= 0.6 is 0 Å². The van der Waals surface area contributed by atoms with Gasteiger partial charge in [0.15, 0.2) is 0 Å². The largest absolute Gasteiger partial charge is 0.378 e. The first kappa shape index (κ1) is 28.5. The molecule has 3 aliphatic rings. The molecule has 2 saturated heterocycles. The molecule has 0 bridgehead atoms. The molecule has 11 nitrogen and oxygen atoms in total. The normalized spacial score (nSPS) is 18.7. The molecule has 41 heavy (non-hydrogen) atoms. The van der Waals surface area contributed by atoms with E-state index in [1.165, 1.54) is 18.2 Å². The third-order valence-electron chi connectivity index (χ3n) is 7.69. The zero-order chi connectivity index (χ0) is 29.1. The lowest BCUT2D eigenvalue weighted by atomic mass is 10.0. The Morgan fingerprint density at radius 2 is 1.71 bits per heavy atom. The molecule has 0 saturated carbocycles. The lowest BCUT2D eigenvalue weighted by Crippen LogP contribution is -2.52. The summed E-state index contributed by atoms with van der Waals surface area (Å²) in [7, 11) is 0. The fourth-order valence-corrected chi connectivity index (χ4v) is 5.44. The first-order valence-corrected chi connectivity index (χ1v) is 13.8. The third kappa shape index (κ3) is 6.18. The number of ether oxygens (including phenoxy) is 2. The Balaban J connectivity index is 1.36. The molecule has 2 aromatic rings. The van der Waals surface area contributed by atoms with Crippen LogP contribution in [0.3, 0.4) is 0 Å². The van der Waals surface area contributed by atoms with Gasteiger partial charge in [0.1, 0.15) is 11.9 Å². The number of amides is 4. The van der Waals surface area contributed by atoms with Crippen LogP contribution < -0.4 is 10.6 Å². The smallest absolute Gasteiger partial charge is 0.256 e. The quantitative estimate of drug-likeness (QED) is 0.438. The number of anilines is 1. The number of fused-ring (bicyclic) bond motifs is 1. The summed E-state index contributed by atoms with van der Waals surface area (Å²) < 4.78 is 24.6. The van der Waals surface area contributed by atoms with Crippen LogP contribution in [-0.2, 0) is 23.9 Å². The lowest BCUT2D eigenvalue weighted by molar-refractivity contribution is -0.138. The Hall–Kier alpha value is -4.03. The average Bonchev–Trinajstić information content (AvgIpc) is 3.44. The zero-order valence-electron chi connectivity index (χ0n) is 23.2. The molecule has 218 valence electrons. The molecule has 4 amide bonds. The highest BCUT2D eigenvalue weighted by Gasteiger charge is 2.31. The minimum Gasteiger partial charge on any atom is -0.378 e. The van der Waals surface area contributed by atoms with Crippen LogP contribution in [0.5, 0.6) is 0 Å². The van der Waals surface area contributed by atoms with Crippen LogP contribution in [0.2, 0.25) is 0 Å². The monoisotopic (exact) mass is 567 g/mol. The van der Waals surface area contributed by atoms with Crippen molar-refractivity contribution < 1.29 is 33.0 Å². The van der Waals surface area contributed by atoms with Gasteiger partial charge in [-0.25, -0.2) is 4.39 Å². The van der Waals surface area contributed by atoms with Crippen molar-refractivity contribution in [3.05, 3.63) is 52.1 Å². The van der Waals surface area contributed by atoms with E-state index in [0.29, 0.717) is 86.4 Å². The highest BCUT2D eigenvalue weighted by Crippen LogP contribution is 2.34. The van der Waals surface area contributed by atoms with Crippen molar-refractivity contribution in [3.63, 3.8) is 0 Å². The number of H-pyrrole nitrogens is 1. The molecule has 1 aromatic heterocycles. The molecule has 0 spiro atoms. The molecular weight excluding hydrogens is 533 g/mol. The van der Waals surface area contributed by atoms with Gasteiger partial charge in [0.25, 0.3) is 11.8 Å². The van der Waals surface area contributed by atoms with Crippen molar-refractivity contribution in [2.75, 3.05) is 57.9 Å². The Bertz CT molecular complexity index is 1390. The Labute approximate surface area is 237 Å². The zero-order valence-corrected chi connectivity index (χ0v) is 23.2. The number of carbonyl (C=O) groups is 4. The number of nitrogens with one attached hydrogen (secondary N) is 3. The van der Waals surface area contributed by atoms with E-state index in [9.17, 15) is 23.6 Å². The van der Waals surface area contributed by atoms with Crippen molar-refractivity contribution in [2.45, 2.75) is 32.7 Å². The summed E-state index contributed by atoms with van der Waals surface area (Å²) in [5.74, 6) is -1.64.